The Kier molecular flexibility index (Phi) is 9.79. The first-order chi connectivity index (χ1) is 28.6. The number of pyridine rings is 1. The summed E-state index contributed by atoms with van der Waals surface area (Å²) in [5.74, 6) is 1.95. The zero-order valence-corrected chi connectivity index (χ0v) is 33.6. The molecule has 10 rings (SSSR count). The average Bonchev–Trinajstić information content (AvgIpc) is 3.29. The van der Waals surface area contributed by atoms with Gasteiger partial charge in [0.2, 0.25) is 0 Å². The maximum Gasteiger partial charge on any atom is 0.0661 e. The van der Waals surface area contributed by atoms with E-state index in [9.17, 15) is 0 Å². The van der Waals surface area contributed by atoms with Gasteiger partial charge < -0.3 is 0 Å². The molecule has 3 aliphatic carbocycles. The lowest BCUT2D eigenvalue weighted by molar-refractivity contribution is 0.417. The molecule has 0 spiro atoms. The molecule has 58 heavy (non-hydrogen) atoms. The molecule has 1 aliphatic heterocycles. The fraction of sp³-hybridized carbons (Fsp3) is 0.214. The Morgan fingerprint density at radius 2 is 1.36 bits per heavy atom. The van der Waals surface area contributed by atoms with E-state index in [4.69, 9.17) is 9.98 Å². The molecule has 1 aromatic heterocycles. The van der Waals surface area contributed by atoms with E-state index in [0.717, 1.165) is 37.8 Å². The predicted molar refractivity (Wildman–Crippen MR) is 247 cm³/mol. The Hall–Kier alpha value is -6.12. The van der Waals surface area contributed by atoms with Crippen molar-refractivity contribution in [2.24, 2.45) is 22.7 Å². The fourth-order valence-corrected chi connectivity index (χ4v) is 10.0. The van der Waals surface area contributed by atoms with Crippen molar-refractivity contribution < 1.29 is 0 Å². The van der Waals surface area contributed by atoms with E-state index in [1.165, 1.54) is 77.4 Å². The molecule has 0 saturated heterocycles. The van der Waals surface area contributed by atoms with Crippen LogP contribution in [0.2, 0.25) is 0 Å². The highest BCUT2D eigenvalue weighted by atomic mass is 14.8. The number of hydrogen-bond acceptors (Lipinski definition) is 2. The molecule has 4 aliphatic rings. The van der Waals surface area contributed by atoms with Crippen LogP contribution in [0.1, 0.15) is 91.3 Å². The van der Waals surface area contributed by atoms with E-state index >= 15 is 0 Å². The molecule has 0 fully saturated rings. The van der Waals surface area contributed by atoms with Crippen molar-refractivity contribution in [1.29, 1.82) is 0 Å². The maximum atomic E-state index is 4.92. The van der Waals surface area contributed by atoms with Crippen LogP contribution in [0.3, 0.4) is 0 Å². The van der Waals surface area contributed by atoms with E-state index in [1.807, 2.05) is 12.3 Å². The van der Waals surface area contributed by atoms with Crippen molar-refractivity contribution in [3.05, 3.63) is 209 Å². The van der Waals surface area contributed by atoms with Crippen LogP contribution in [0.4, 0.5) is 0 Å². The van der Waals surface area contributed by atoms with Gasteiger partial charge in [-0.2, -0.15) is 0 Å². The minimum atomic E-state index is 0.294. The lowest BCUT2D eigenvalue weighted by atomic mass is 9.72. The summed E-state index contributed by atoms with van der Waals surface area (Å²) in [7, 11) is 0. The van der Waals surface area contributed by atoms with E-state index < -0.39 is 0 Å². The molecular weight excluding hydrogens is 701 g/mol. The summed E-state index contributed by atoms with van der Waals surface area (Å²) in [4.78, 5) is 9.62. The summed E-state index contributed by atoms with van der Waals surface area (Å²) in [6.07, 6.45) is 26.1. The summed E-state index contributed by atoms with van der Waals surface area (Å²) in [6.45, 7) is 4.71. The Morgan fingerprint density at radius 3 is 2.10 bits per heavy atom. The van der Waals surface area contributed by atoms with Crippen LogP contribution in [0.5, 0.6) is 0 Å². The second-order valence-corrected chi connectivity index (χ2v) is 16.9. The van der Waals surface area contributed by atoms with Gasteiger partial charge in [0.05, 0.1) is 5.69 Å². The van der Waals surface area contributed by atoms with Crippen LogP contribution in [0, 0.1) is 17.8 Å². The van der Waals surface area contributed by atoms with E-state index in [0.29, 0.717) is 29.6 Å². The molecule has 6 aromatic rings. The average molecular weight is 751 g/mol. The number of benzene rings is 5. The van der Waals surface area contributed by atoms with Gasteiger partial charge in [0.15, 0.2) is 0 Å². The van der Waals surface area contributed by atoms with Gasteiger partial charge in [-0.05, 0) is 134 Å². The van der Waals surface area contributed by atoms with Crippen molar-refractivity contribution in [2.45, 2.75) is 57.8 Å². The summed E-state index contributed by atoms with van der Waals surface area (Å²) < 4.78 is 0. The first-order valence-electron chi connectivity index (χ1n) is 21.3. The van der Waals surface area contributed by atoms with Crippen molar-refractivity contribution in [1.82, 2.24) is 4.98 Å². The first kappa shape index (κ1) is 36.2. The Labute approximate surface area is 343 Å². The van der Waals surface area contributed by atoms with Gasteiger partial charge in [0.1, 0.15) is 0 Å². The second kappa shape index (κ2) is 15.7. The molecular formula is C56H50N2. The van der Waals surface area contributed by atoms with Crippen molar-refractivity contribution in [3.8, 4) is 0 Å². The van der Waals surface area contributed by atoms with Crippen molar-refractivity contribution in [2.75, 3.05) is 0 Å². The summed E-state index contributed by atoms with van der Waals surface area (Å²) in [5.41, 5.74) is 14.5. The molecule has 0 amide bonds. The molecule has 2 nitrogen and oxygen atoms in total. The Bertz CT molecular complexity index is 2720. The monoisotopic (exact) mass is 750 g/mol. The molecule has 2 heteroatoms. The SMILES string of the molecule is CC1C=NC(C2C=CC(c3c4ccccc4c(C4=CC=C(c5ccccn5)CC4)c4cc(C5=CC(c6ccccc6)=CC(c6ccccc6)C5)ccc34)C(C)C2)=CC1. The zero-order valence-electron chi connectivity index (χ0n) is 33.6. The Morgan fingerprint density at radius 1 is 0.621 bits per heavy atom. The summed E-state index contributed by atoms with van der Waals surface area (Å²) in [6, 6.07) is 44.8. The first-order valence-corrected chi connectivity index (χ1v) is 21.3. The second-order valence-electron chi connectivity index (χ2n) is 16.9. The van der Waals surface area contributed by atoms with Gasteiger partial charge in [-0.25, -0.2) is 0 Å². The summed E-state index contributed by atoms with van der Waals surface area (Å²) >= 11 is 0. The van der Waals surface area contributed by atoms with Crippen molar-refractivity contribution >= 4 is 50.1 Å². The quantitative estimate of drug-likeness (QED) is 0.118. The van der Waals surface area contributed by atoms with Crippen LogP contribution in [-0.2, 0) is 0 Å². The topological polar surface area (TPSA) is 25.2 Å². The highest BCUT2D eigenvalue weighted by molar-refractivity contribution is 6.13. The molecule has 284 valence electrons. The molecule has 5 unspecified atom stereocenters. The lowest BCUT2D eigenvalue weighted by Gasteiger charge is -2.33. The van der Waals surface area contributed by atoms with Gasteiger partial charge in [0.25, 0.3) is 0 Å². The Balaban J connectivity index is 1.15. The number of fused-ring (bicyclic) bond motifs is 2. The minimum absolute atomic E-state index is 0.294. The van der Waals surface area contributed by atoms with Crippen molar-refractivity contribution in [3.63, 3.8) is 0 Å². The maximum absolute atomic E-state index is 4.92. The third kappa shape index (κ3) is 6.96. The van der Waals surface area contributed by atoms with Gasteiger partial charge >= 0.3 is 0 Å². The number of allylic oxidation sites excluding steroid dienone is 11. The van der Waals surface area contributed by atoms with Gasteiger partial charge in [0, 0.05) is 35.9 Å². The number of aromatic nitrogens is 1. The zero-order chi connectivity index (χ0) is 39.0. The standard InChI is InChI=1S/C56H50N2/c1-37-20-29-54(58-36-37)44-26-27-48(38(2)31-44)56-50-18-10-9-17-49(50)55(42-23-21-41(22-24-42)53-19-11-12-30-57-53)52-35-43(25-28-51(52)56)47-33-45(39-13-5-3-6-14-39)32-46(34-47)40-15-7-4-8-16-40/h3-19,21,23,25-30,32-33,35-38,44,46,48H,20,22,24,31,34H2,1-2H3. The third-order valence-corrected chi connectivity index (χ3v) is 13.1. The fourth-order valence-electron chi connectivity index (χ4n) is 10.0. The smallest absolute Gasteiger partial charge is 0.0661 e. The molecule has 0 radical (unpaired) electrons. The van der Waals surface area contributed by atoms with E-state index in [-0.39, 0.29) is 0 Å². The largest absolute Gasteiger partial charge is 0.265 e. The number of nitrogens with zero attached hydrogens (tertiary/aromatic N) is 2. The summed E-state index contributed by atoms with van der Waals surface area (Å²) in [5, 5.41) is 5.45. The third-order valence-electron chi connectivity index (χ3n) is 13.1. The van der Waals surface area contributed by atoms with E-state index in [1.54, 1.807) is 0 Å². The molecule has 2 heterocycles. The van der Waals surface area contributed by atoms with Crippen LogP contribution < -0.4 is 0 Å². The molecule has 0 saturated carbocycles. The normalized spacial score (nSPS) is 23.2. The highest BCUT2D eigenvalue weighted by Gasteiger charge is 2.31. The van der Waals surface area contributed by atoms with Gasteiger partial charge in [-0.3, -0.25) is 9.98 Å². The minimum Gasteiger partial charge on any atom is -0.265 e. The van der Waals surface area contributed by atoms with Gasteiger partial charge in [-0.15, -0.1) is 0 Å². The molecule has 5 aromatic carbocycles. The number of rotatable bonds is 7. The molecule has 0 N–H and O–H groups in total. The lowest BCUT2D eigenvalue weighted by Crippen LogP contribution is -2.19. The molecule has 0 bridgehead atoms. The van der Waals surface area contributed by atoms with Crippen LogP contribution in [-0.4, -0.2) is 11.2 Å². The van der Waals surface area contributed by atoms with Gasteiger partial charge in [-0.1, -0.05) is 160 Å². The highest BCUT2D eigenvalue weighted by Crippen LogP contribution is 2.49. The van der Waals surface area contributed by atoms with Crippen LogP contribution in [0.15, 0.2) is 181 Å². The van der Waals surface area contributed by atoms with Crippen LogP contribution >= 0.6 is 0 Å². The number of aliphatic imine (C=N–C) groups is 1. The predicted octanol–water partition coefficient (Wildman–Crippen LogP) is 14.6. The van der Waals surface area contributed by atoms with Crippen LogP contribution in [0.25, 0.3) is 43.8 Å². The number of hydrogen-bond donors (Lipinski definition) is 0. The molecule has 5 atom stereocenters. The van der Waals surface area contributed by atoms with E-state index in [2.05, 4.69) is 178 Å².